The molecule has 1 fully saturated rings. The summed E-state index contributed by atoms with van der Waals surface area (Å²) in [4.78, 5) is 17.1. The van der Waals surface area contributed by atoms with Crippen LogP contribution < -0.4 is 14.4 Å². The topological polar surface area (TPSA) is 60.0 Å². The number of methoxy groups -OCH3 is 2. The van der Waals surface area contributed by atoms with Crippen molar-refractivity contribution in [3.63, 3.8) is 0 Å². The molecule has 1 aliphatic heterocycles. The van der Waals surface area contributed by atoms with E-state index in [4.69, 9.17) is 19.2 Å². The van der Waals surface area contributed by atoms with Gasteiger partial charge in [0.2, 0.25) is 0 Å². The van der Waals surface area contributed by atoms with E-state index >= 15 is 0 Å². The Kier molecular flexibility index (Phi) is 7.47. The Labute approximate surface area is 205 Å². The lowest BCUT2D eigenvalue weighted by molar-refractivity contribution is 0.0376. The first-order chi connectivity index (χ1) is 16.8. The zero-order valence-corrected chi connectivity index (χ0v) is 21.0. The molecule has 0 saturated carbocycles. The first kappa shape index (κ1) is 23.3. The third kappa shape index (κ3) is 4.85. The molecular weight excluding hydrogens is 448 g/mol. The van der Waals surface area contributed by atoms with Gasteiger partial charge < -0.3 is 19.1 Å². The molecule has 8 heteroatoms. The van der Waals surface area contributed by atoms with Crippen molar-refractivity contribution >= 4 is 27.4 Å². The van der Waals surface area contributed by atoms with Crippen molar-refractivity contribution in [2.24, 2.45) is 0 Å². The number of aromatic nitrogens is 2. The van der Waals surface area contributed by atoms with E-state index in [1.807, 2.05) is 23.5 Å². The number of ether oxygens (including phenoxy) is 3. The molecule has 0 amide bonds. The maximum absolute atomic E-state index is 5.76. The molecule has 0 atom stereocenters. The van der Waals surface area contributed by atoms with E-state index in [1.54, 1.807) is 20.5 Å². The van der Waals surface area contributed by atoms with Gasteiger partial charge in [-0.05, 0) is 43.7 Å². The Hall–Kier alpha value is -2.42. The third-order valence-corrected chi connectivity index (χ3v) is 8.08. The van der Waals surface area contributed by atoms with E-state index in [1.165, 1.54) is 28.7 Å². The molecule has 1 aromatic carbocycles. The molecule has 0 spiro atoms. The summed E-state index contributed by atoms with van der Waals surface area (Å²) in [5.41, 5.74) is 2.57. The van der Waals surface area contributed by atoms with Crippen molar-refractivity contribution in [1.29, 1.82) is 0 Å². The molecule has 0 N–H and O–H groups in total. The van der Waals surface area contributed by atoms with Crippen molar-refractivity contribution in [2.45, 2.75) is 38.6 Å². The van der Waals surface area contributed by atoms with Gasteiger partial charge in [-0.25, -0.2) is 9.97 Å². The Bertz CT molecular complexity index is 1110. The van der Waals surface area contributed by atoms with Crippen molar-refractivity contribution in [3.05, 3.63) is 40.5 Å². The second-order valence-corrected chi connectivity index (χ2v) is 10.1. The van der Waals surface area contributed by atoms with Gasteiger partial charge >= 0.3 is 0 Å². The van der Waals surface area contributed by atoms with E-state index in [0.717, 1.165) is 86.4 Å². The zero-order chi connectivity index (χ0) is 23.3. The fraction of sp³-hybridized carbons (Fsp3) is 0.538. The van der Waals surface area contributed by atoms with E-state index in [9.17, 15) is 0 Å². The average molecular weight is 483 g/mol. The Morgan fingerprint density at radius 3 is 2.76 bits per heavy atom. The monoisotopic (exact) mass is 482 g/mol. The highest BCUT2D eigenvalue weighted by Gasteiger charge is 2.24. The zero-order valence-electron chi connectivity index (χ0n) is 20.2. The second-order valence-electron chi connectivity index (χ2n) is 8.97. The Morgan fingerprint density at radius 1 is 1.09 bits per heavy atom. The molecule has 1 aliphatic carbocycles. The fourth-order valence-electron chi connectivity index (χ4n) is 5.17. The summed E-state index contributed by atoms with van der Waals surface area (Å²) in [6, 6.07) is 6.10. The second kappa shape index (κ2) is 10.9. The van der Waals surface area contributed by atoms with Gasteiger partial charge in [-0.1, -0.05) is 12.1 Å². The maximum Gasteiger partial charge on any atom is 0.165 e. The normalized spacial score (nSPS) is 16.4. The number of thiophene rings is 1. The van der Waals surface area contributed by atoms with Gasteiger partial charge in [0, 0.05) is 43.2 Å². The van der Waals surface area contributed by atoms with E-state index in [2.05, 4.69) is 20.9 Å². The van der Waals surface area contributed by atoms with Crippen LogP contribution in [0.2, 0.25) is 0 Å². The van der Waals surface area contributed by atoms with Crippen molar-refractivity contribution < 1.29 is 14.2 Å². The van der Waals surface area contributed by atoms with E-state index in [-0.39, 0.29) is 0 Å². The molecule has 2 aromatic heterocycles. The fourth-order valence-corrected chi connectivity index (χ4v) is 6.39. The van der Waals surface area contributed by atoms with E-state index < -0.39 is 0 Å². The summed E-state index contributed by atoms with van der Waals surface area (Å²) < 4.78 is 16.9. The molecule has 7 nitrogen and oxygen atoms in total. The van der Waals surface area contributed by atoms with Crippen LogP contribution in [0.15, 0.2) is 24.5 Å². The molecule has 3 aromatic rings. The van der Waals surface area contributed by atoms with Gasteiger partial charge in [0.05, 0.1) is 32.8 Å². The minimum absolute atomic E-state index is 0.709. The Balaban J connectivity index is 1.48. The van der Waals surface area contributed by atoms with Crippen LogP contribution in [0.25, 0.3) is 10.2 Å². The van der Waals surface area contributed by atoms with Gasteiger partial charge in [0.1, 0.15) is 17.0 Å². The number of aryl methyl sites for hydroxylation is 2. The molecule has 1 saturated heterocycles. The minimum Gasteiger partial charge on any atom is -0.493 e. The lowest BCUT2D eigenvalue weighted by atomic mass is 9.97. The SMILES string of the molecule is COc1cccc(CN(CCCN2CCOCC2)c2ncnc3sc4c(c23)CCCC4)c1OC. The number of fused-ring (bicyclic) bond motifs is 3. The third-order valence-electron chi connectivity index (χ3n) is 6.88. The summed E-state index contributed by atoms with van der Waals surface area (Å²) in [7, 11) is 3.40. The lowest BCUT2D eigenvalue weighted by Crippen LogP contribution is -2.38. The summed E-state index contributed by atoms with van der Waals surface area (Å²) in [6.45, 7) is 6.37. The molecule has 0 bridgehead atoms. The average Bonchev–Trinajstić information content (AvgIpc) is 3.27. The highest BCUT2D eigenvalue weighted by Crippen LogP contribution is 2.40. The van der Waals surface area contributed by atoms with Gasteiger partial charge in [-0.15, -0.1) is 11.3 Å². The van der Waals surface area contributed by atoms with Crippen LogP contribution in [0.5, 0.6) is 11.5 Å². The maximum atomic E-state index is 5.76. The number of para-hydroxylation sites is 1. The molecule has 2 aliphatic rings. The van der Waals surface area contributed by atoms with Gasteiger partial charge in [-0.2, -0.15) is 0 Å². The number of benzene rings is 1. The predicted octanol–water partition coefficient (Wildman–Crippen LogP) is 4.32. The van der Waals surface area contributed by atoms with Crippen LogP contribution in [0, 0.1) is 0 Å². The minimum atomic E-state index is 0.709. The molecule has 0 unspecified atom stereocenters. The van der Waals surface area contributed by atoms with Gasteiger partial charge in [0.15, 0.2) is 11.5 Å². The molecule has 3 heterocycles. The molecular formula is C26H34N4O3S. The highest BCUT2D eigenvalue weighted by molar-refractivity contribution is 7.19. The van der Waals surface area contributed by atoms with Crippen LogP contribution in [-0.2, 0) is 24.1 Å². The highest BCUT2D eigenvalue weighted by atomic mass is 32.1. The number of nitrogens with zero attached hydrogens (tertiary/aromatic N) is 4. The first-order valence-corrected chi connectivity index (χ1v) is 13.1. The summed E-state index contributed by atoms with van der Waals surface area (Å²) in [5, 5.41) is 1.26. The lowest BCUT2D eigenvalue weighted by Gasteiger charge is -2.29. The first-order valence-electron chi connectivity index (χ1n) is 12.3. The quantitative estimate of drug-likeness (QED) is 0.450. The van der Waals surface area contributed by atoms with Crippen LogP contribution in [0.3, 0.4) is 0 Å². The van der Waals surface area contributed by atoms with Crippen molar-refractivity contribution in [2.75, 3.05) is 58.5 Å². The van der Waals surface area contributed by atoms with Crippen LogP contribution in [0.1, 0.15) is 35.3 Å². The molecule has 0 radical (unpaired) electrons. The van der Waals surface area contributed by atoms with Crippen LogP contribution in [0.4, 0.5) is 5.82 Å². The number of hydrogen-bond acceptors (Lipinski definition) is 8. The standard InChI is InChI=1S/C26H34N4O3S/c1-31-21-9-5-7-19(24(21)32-2)17-30(12-6-11-29-13-15-33-16-14-29)25-23-20-8-3-4-10-22(20)34-26(23)28-18-27-25/h5,7,9,18H,3-4,6,8,10-17H2,1-2H3. The van der Waals surface area contributed by atoms with Gasteiger partial charge in [-0.3, -0.25) is 4.90 Å². The molecule has 34 heavy (non-hydrogen) atoms. The van der Waals surface area contributed by atoms with Crippen LogP contribution >= 0.6 is 11.3 Å². The smallest absolute Gasteiger partial charge is 0.165 e. The number of morpholine rings is 1. The van der Waals surface area contributed by atoms with Crippen molar-refractivity contribution in [1.82, 2.24) is 14.9 Å². The molecule has 182 valence electrons. The van der Waals surface area contributed by atoms with Crippen molar-refractivity contribution in [3.8, 4) is 11.5 Å². The summed E-state index contributed by atoms with van der Waals surface area (Å²) >= 11 is 1.85. The molecule has 5 rings (SSSR count). The summed E-state index contributed by atoms with van der Waals surface area (Å²) in [6.07, 6.45) is 7.60. The Morgan fingerprint density at radius 2 is 1.94 bits per heavy atom. The predicted molar refractivity (Wildman–Crippen MR) is 137 cm³/mol. The number of anilines is 1. The van der Waals surface area contributed by atoms with E-state index in [0.29, 0.717) is 6.54 Å². The van der Waals surface area contributed by atoms with Crippen LogP contribution in [-0.4, -0.2) is 68.5 Å². The van der Waals surface area contributed by atoms with Gasteiger partial charge in [0.25, 0.3) is 0 Å². The number of rotatable bonds is 9. The largest absolute Gasteiger partial charge is 0.493 e. The summed E-state index contributed by atoms with van der Waals surface area (Å²) in [5.74, 6) is 2.60. The number of hydrogen-bond donors (Lipinski definition) is 0.